The van der Waals surface area contributed by atoms with Crippen LogP contribution in [0.4, 0.5) is 5.69 Å². The molecular formula is C22H26N2O6. The molecule has 1 saturated heterocycles. The highest BCUT2D eigenvalue weighted by Crippen LogP contribution is 2.51. The van der Waals surface area contributed by atoms with E-state index >= 15 is 0 Å². The van der Waals surface area contributed by atoms with Gasteiger partial charge in [0.2, 0.25) is 0 Å². The zero-order valence-electron chi connectivity index (χ0n) is 17.4. The van der Waals surface area contributed by atoms with E-state index in [1.807, 2.05) is 18.2 Å². The number of aromatic carboxylic acids is 1. The molecule has 0 unspecified atom stereocenters. The van der Waals surface area contributed by atoms with Gasteiger partial charge in [0, 0.05) is 19.0 Å². The Morgan fingerprint density at radius 3 is 2.50 bits per heavy atom. The number of carboxylic acids is 1. The van der Waals surface area contributed by atoms with Gasteiger partial charge in [0.15, 0.2) is 5.76 Å². The number of ether oxygens (including phenoxy) is 2. The molecule has 1 aliphatic heterocycles. The first-order chi connectivity index (χ1) is 14.4. The topological polar surface area (TPSA) is 102 Å². The number of anilines is 1. The Morgan fingerprint density at radius 2 is 1.93 bits per heavy atom. The Bertz CT molecular complexity index is 970. The molecular weight excluding hydrogens is 388 g/mol. The minimum atomic E-state index is -0.997. The van der Waals surface area contributed by atoms with Crippen molar-refractivity contribution in [1.82, 2.24) is 5.16 Å². The van der Waals surface area contributed by atoms with Gasteiger partial charge in [-0.2, -0.15) is 0 Å². The van der Waals surface area contributed by atoms with E-state index in [1.54, 1.807) is 14.0 Å². The van der Waals surface area contributed by atoms with Gasteiger partial charge >= 0.3 is 11.9 Å². The summed E-state index contributed by atoms with van der Waals surface area (Å²) in [6, 6.07) is 5.92. The summed E-state index contributed by atoms with van der Waals surface area (Å²) in [4.78, 5) is 26.0. The van der Waals surface area contributed by atoms with Gasteiger partial charge in [-0.25, -0.2) is 4.79 Å². The van der Waals surface area contributed by atoms with Crippen molar-refractivity contribution in [2.45, 2.75) is 43.9 Å². The summed E-state index contributed by atoms with van der Waals surface area (Å²) in [5, 5.41) is 13.3. The van der Waals surface area contributed by atoms with Crippen molar-refractivity contribution in [3.05, 3.63) is 40.8 Å². The fourth-order valence-electron chi connectivity index (χ4n) is 4.48. The van der Waals surface area contributed by atoms with Gasteiger partial charge in [0.05, 0.1) is 31.0 Å². The van der Waals surface area contributed by atoms with Crippen LogP contribution in [0.1, 0.15) is 59.0 Å². The monoisotopic (exact) mass is 414 g/mol. The molecule has 2 aliphatic rings. The van der Waals surface area contributed by atoms with Gasteiger partial charge in [-0.3, -0.25) is 4.79 Å². The summed E-state index contributed by atoms with van der Waals surface area (Å²) in [6.45, 7) is 3.13. The first-order valence-corrected chi connectivity index (χ1v) is 10.1. The maximum absolute atomic E-state index is 12.2. The normalized spacial score (nSPS) is 18.2. The summed E-state index contributed by atoms with van der Waals surface area (Å²) >= 11 is 0. The zero-order valence-corrected chi connectivity index (χ0v) is 17.4. The smallest absolute Gasteiger partial charge is 0.341 e. The van der Waals surface area contributed by atoms with Crippen molar-refractivity contribution in [2.24, 2.45) is 0 Å². The van der Waals surface area contributed by atoms with E-state index in [-0.39, 0.29) is 17.5 Å². The molecule has 8 heteroatoms. The number of hydrogen-bond acceptors (Lipinski definition) is 7. The standard InChI is InChI=1S/C22H26N2O6/c1-13-18(20(25)26)19(30-23-13)14-6-10-24(11-7-14)16-5-4-15(12-17(16)28-2)22(8-9-22)21(27)29-3/h4-5,12,14H,6-11H2,1-3H3,(H,25,26). The van der Waals surface area contributed by atoms with Crippen molar-refractivity contribution < 1.29 is 28.7 Å². The molecule has 2 aromatic rings. The maximum atomic E-state index is 12.2. The lowest BCUT2D eigenvalue weighted by molar-refractivity contribution is -0.143. The quantitative estimate of drug-likeness (QED) is 0.719. The maximum Gasteiger partial charge on any atom is 0.341 e. The second kappa shape index (κ2) is 7.66. The number of methoxy groups -OCH3 is 2. The van der Waals surface area contributed by atoms with Crippen LogP contribution in [-0.4, -0.2) is 49.5 Å². The van der Waals surface area contributed by atoms with Gasteiger partial charge < -0.3 is 24.0 Å². The number of hydrogen-bond donors (Lipinski definition) is 1. The molecule has 0 bridgehead atoms. The molecule has 1 saturated carbocycles. The average molecular weight is 414 g/mol. The highest BCUT2D eigenvalue weighted by Gasteiger charge is 2.52. The first-order valence-electron chi connectivity index (χ1n) is 10.1. The molecule has 0 spiro atoms. The van der Waals surface area contributed by atoms with Crippen LogP contribution in [0.5, 0.6) is 5.75 Å². The summed E-state index contributed by atoms with van der Waals surface area (Å²) in [5.74, 6) is 0.0178. The van der Waals surface area contributed by atoms with Crippen LogP contribution >= 0.6 is 0 Å². The molecule has 4 rings (SSSR count). The molecule has 2 heterocycles. The molecule has 0 atom stereocenters. The lowest BCUT2D eigenvalue weighted by Crippen LogP contribution is -2.33. The second-order valence-corrected chi connectivity index (χ2v) is 8.03. The summed E-state index contributed by atoms with van der Waals surface area (Å²) in [6.07, 6.45) is 3.09. The van der Waals surface area contributed by atoms with Gasteiger partial charge in [-0.1, -0.05) is 11.2 Å². The molecule has 0 amide bonds. The Labute approximate surface area is 174 Å². The summed E-state index contributed by atoms with van der Waals surface area (Å²) < 4.78 is 16.0. The van der Waals surface area contributed by atoms with Gasteiger partial charge in [-0.05, 0) is 50.3 Å². The van der Waals surface area contributed by atoms with E-state index in [4.69, 9.17) is 14.0 Å². The predicted octanol–water partition coefficient (Wildman–Crippen LogP) is 3.28. The number of carboxylic acid groups (broad SMARTS) is 1. The zero-order chi connectivity index (χ0) is 21.5. The van der Waals surface area contributed by atoms with Crippen LogP contribution in [0.3, 0.4) is 0 Å². The Kier molecular flexibility index (Phi) is 5.17. The minimum absolute atomic E-state index is 0.0212. The number of nitrogens with zero attached hydrogens (tertiary/aromatic N) is 2. The van der Waals surface area contributed by atoms with Crippen LogP contribution in [0.25, 0.3) is 0 Å². The third-order valence-corrected chi connectivity index (χ3v) is 6.37. The van der Waals surface area contributed by atoms with E-state index in [2.05, 4.69) is 10.1 Å². The van der Waals surface area contributed by atoms with Crippen molar-refractivity contribution in [3.63, 3.8) is 0 Å². The number of carbonyl (C=O) groups excluding carboxylic acids is 1. The molecule has 1 N–H and O–H groups in total. The van der Waals surface area contributed by atoms with Crippen LogP contribution in [0.2, 0.25) is 0 Å². The van der Waals surface area contributed by atoms with Gasteiger partial charge in [-0.15, -0.1) is 0 Å². The molecule has 0 radical (unpaired) electrons. The molecule has 30 heavy (non-hydrogen) atoms. The number of piperidine rings is 1. The van der Waals surface area contributed by atoms with Crippen molar-refractivity contribution in [2.75, 3.05) is 32.2 Å². The van der Waals surface area contributed by atoms with E-state index in [0.29, 0.717) is 11.5 Å². The number of benzene rings is 1. The number of esters is 1. The van der Waals surface area contributed by atoms with E-state index in [1.165, 1.54) is 7.11 Å². The number of rotatable bonds is 6. The lowest BCUT2D eigenvalue weighted by Gasteiger charge is -2.34. The summed E-state index contributed by atoms with van der Waals surface area (Å²) in [5.41, 5.74) is 1.95. The molecule has 1 aliphatic carbocycles. The van der Waals surface area contributed by atoms with Crippen molar-refractivity contribution in [3.8, 4) is 5.75 Å². The molecule has 1 aromatic carbocycles. The van der Waals surface area contributed by atoms with Crippen LogP contribution < -0.4 is 9.64 Å². The number of aromatic nitrogens is 1. The van der Waals surface area contributed by atoms with Crippen LogP contribution in [-0.2, 0) is 14.9 Å². The third-order valence-electron chi connectivity index (χ3n) is 6.37. The predicted molar refractivity (Wildman–Crippen MR) is 108 cm³/mol. The second-order valence-electron chi connectivity index (χ2n) is 8.03. The van der Waals surface area contributed by atoms with Crippen LogP contribution in [0, 0.1) is 6.92 Å². The Balaban J connectivity index is 1.51. The van der Waals surface area contributed by atoms with Gasteiger partial charge in [0.1, 0.15) is 11.3 Å². The lowest BCUT2D eigenvalue weighted by atomic mass is 9.90. The molecule has 1 aromatic heterocycles. The highest BCUT2D eigenvalue weighted by molar-refractivity contribution is 5.90. The summed E-state index contributed by atoms with van der Waals surface area (Å²) in [7, 11) is 3.05. The highest BCUT2D eigenvalue weighted by atomic mass is 16.5. The number of aryl methyl sites for hydroxylation is 1. The van der Waals surface area contributed by atoms with Crippen molar-refractivity contribution >= 4 is 17.6 Å². The molecule has 8 nitrogen and oxygen atoms in total. The largest absolute Gasteiger partial charge is 0.495 e. The fraction of sp³-hybridized carbons (Fsp3) is 0.500. The van der Waals surface area contributed by atoms with Crippen LogP contribution in [0.15, 0.2) is 22.7 Å². The third kappa shape index (κ3) is 3.30. The van der Waals surface area contributed by atoms with E-state index in [0.717, 1.165) is 55.8 Å². The average Bonchev–Trinajstić information content (AvgIpc) is 3.48. The van der Waals surface area contributed by atoms with Gasteiger partial charge in [0.25, 0.3) is 0 Å². The molecule has 160 valence electrons. The Morgan fingerprint density at radius 1 is 1.23 bits per heavy atom. The van der Waals surface area contributed by atoms with E-state index < -0.39 is 11.4 Å². The SMILES string of the molecule is COC(=O)C1(c2ccc(N3CCC(c4onc(C)c4C(=O)O)CC3)c(OC)c2)CC1. The minimum Gasteiger partial charge on any atom is -0.495 e. The number of carbonyl (C=O) groups is 2. The van der Waals surface area contributed by atoms with Crippen molar-refractivity contribution in [1.29, 1.82) is 0 Å². The first kappa shape index (κ1) is 20.3. The Hall–Kier alpha value is -3.03. The van der Waals surface area contributed by atoms with E-state index in [9.17, 15) is 14.7 Å². The molecule has 2 fully saturated rings. The fourth-order valence-corrected chi connectivity index (χ4v) is 4.48.